The van der Waals surface area contributed by atoms with Gasteiger partial charge in [0.15, 0.2) is 11.0 Å². The van der Waals surface area contributed by atoms with Crippen LogP contribution in [0.1, 0.15) is 5.56 Å². The molecule has 2 aromatic rings. The first-order valence-electron chi connectivity index (χ1n) is 3.78. The molecule has 2 heterocycles. The maximum absolute atomic E-state index is 5.46. The fourth-order valence-electron chi connectivity index (χ4n) is 0.939. The highest BCUT2D eigenvalue weighted by Gasteiger charge is 2.04. The lowest BCUT2D eigenvalue weighted by Crippen LogP contribution is -1.87. The van der Waals surface area contributed by atoms with Crippen molar-refractivity contribution in [3.8, 4) is 11.5 Å². The zero-order valence-corrected chi connectivity index (χ0v) is 7.88. The summed E-state index contributed by atoms with van der Waals surface area (Å²) in [4.78, 5) is 8.22. The first-order valence-corrected chi connectivity index (χ1v) is 4.55. The third-order valence-electron chi connectivity index (χ3n) is 1.58. The van der Waals surface area contributed by atoms with Gasteiger partial charge in [0, 0.05) is 17.7 Å². The molecule has 2 rings (SSSR count). The molecule has 0 spiro atoms. The number of nitrogen functional groups attached to an aromatic ring is 1. The predicted octanol–water partition coefficient (Wildman–Crippen LogP) is 1.49. The largest absolute Gasteiger partial charge is 0.374 e. The number of rotatable bonds is 1. The van der Waals surface area contributed by atoms with Crippen molar-refractivity contribution in [1.29, 1.82) is 0 Å². The molecule has 0 atom stereocenters. The van der Waals surface area contributed by atoms with Crippen LogP contribution in [0.3, 0.4) is 0 Å². The summed E-state index contributed by atoms with van der Waals surface area (Å²) in [6.45, 7) is 1.99. The Hall–Kier alpha value is -1.49. The first kappa shape index (κ1) is 8.12. The standard InChI is InChI=1S/C8H8N4S/c1-5-2-3-6(10-4-5)7-11-8(9)13-12-7/h2-4H,1H3,(H2,9,11,12). The van der Waals surface area contributed by atoms with Crippen molar-refractivity contribution in [2.24, 2.45) is 0 Å². The second-order valence-corrected chi connectivity index (χ2v) is 3.46. The molecule has 0 aliphatic rings. The summed E-state index contributed by atoms with van der Waals surface area (Å²) in [5.74, 6) is 0.600. The minimum Gasteiger partial charge on any atom is -0.374 e. The van der Waals surface area contributed by atoms with Gasteiger partial charge in [0.25, 0.3) is 0 Å². The summed E-state index contributed by atoms with van der Waals surface area (Å²) in [6, 6.07) is 3.86. The quantitative estimate of drug-likeness (QED) is 0.743. The SMILES string of the molecule is Cc1ccc(-c2nsc(N)n2)nc1. The van der Waals surface area contributed by atoms with Gasteiger partial charge < -0.3 is 5.73 Å². The van der Waals surface area contributed by atoms with E-state index in [1.54, 1.807) is 6.20 Å². The molecule has 0 aliphatic heterocycles. The summed E-state index contributed by atoms with van der Waals surface area (Å²) < 4.78 is 4.06. The lowest BCUT2D eigenvalue weighted by atomic mass is 10.3. The van der Waals surface area contributed by atoms with Crippen LogP contribution in [0.4, 0.5) is 5.13 Å². The molecule has 5 heteroatoms. The zero-order valence-electron chi connectivity index (χ0n) is 7.06. The fraction of sp³-hybridized carbons (Fsp3) is 0.125. The summed E-state index contributed by atoms with van der Waals surface area (Å²) in [5.41, 5.74) is 7.34. The van der Waals surface area contributed by atoms with Crippen LogP contribution >= 0.6 is 11.5 Å². The van der Waals surface area contributed by atoms with Crippen molar-refractivity contribution in [3.05, 3.63) is 23.9 Å². The number of aromatic nitrogens is 3. The molecule has 4 nitrogen and oxygen atoms in total. The van der Waals surface area contributed by atoms with Crippen molar-refractivity contribution in [1.82, 2.24) is 14.3 Å². The summed E-state index contributed by atoms with van der Waals surface area (Å²) in [5, 5.41) is 0.470. The normalized spacial score (nSPS) is 10.2. The molecule has 0 aliphatic carbocycles. The van der Waals surface area contributed by atoms with Crippen LogP contribution in [0.5, 0.6) is 0 Å². The molecule has 0 amide bonds. The van der Waals surface area contributed by atoms with Crippen LogP contribution in [-0.2, 0) is 0 Å². The van der Waals surface area contributed by atoms with Gasteiger partial charge in [0.1, 0.15) is 5.69 Å². The molecule has 66 valence electrons. The number of nitrogens with zero attached hydrogens (tertiary/aromatic N) is 3. The van der Waals surface area contributed by atoms with E-state index in [-0.39, 0.29) is 0 Å². The number of hydrogen-bond acceptors (Lipinski definition) is 5. The van der Waals surface area contributed by atoms with Crippen LogP contribution in [0.25, 0.3) is 11.5 Å². The smallest absolute Gasteiger partial charge is 0.200 e. The second kappa shape index (κ2) is 3.10. The van der Waals surface area contributed by atoms with Crippen molar-refractivity contribution in [3.63, 3.8) is 0 Å². The van der Waals surface area contributed by atoms with Gasteiger partial charge in [-0.3, -0.25) is 4.98 Å². The van der Waals surface area contributed by atoms with E-state index in [0.29, 0.717) is 11.0 Å². The van der Waals surface area contributed by atoms with E-state index in [1.165, 1.54) is 11.5 Å². The number of anilines is 1. The highest BCUT2D eigenvalue weighted by atomic mass is 32.1. The van der Waals surface area contributed by atoms with Crippen LogP contribution in [0, 0.1) is 6.92 Å². The van der Waals surface area contributed by atoms with E-state index in [2.05, 4.69) is 14.3 Å². The van der Waals surface area contributed by atoms with Crippen LogP contribution in [0.2, 0.25) is 0 Å². The minimum absolute atomic E-state index is 0.470. The van der Waals surface area contributed by atoms with Gasteiger partial charge in [-0.05, 0) is 18.6 Å². The molecular formula is C8H8N4S. The Labute approximate surface area is 79.6 Å². The average Bonchev–Trinajstić information content (AvgIpc) is 2.53. The minimum atomic E-state index is 0.470. The van der Waals surface area contributed by atoms with Gasteiger partial charge in [-0.15, -0.1) is 0 Å². The molecular weight excluding hydrogens is 184 g/mol. The first-order chi connectivity index (χ1) is 6.25. The van der Waals surface area contributed by atoms with Crippen LogP contribution in [-0.4, -0.2) is 14.3 Å². The van der Waals surface area contributed by atoms with E-state index in [9.17, 15) is 0 Å². The lowest BCUT2D eigenvalue weighted by molar-refractivity contribution is 1.21. The highest BCUT2D eigenvalue weighted by molar-refractivity contribution is 7.09. The summed E-state index contributed by atoms with van der Waals surface area (Å²) in [6.07, 6.45) is 1.78. The predicted molar refractivity (Wildman–Crippen MR) is 52.3 cm³/mol. The van der Waals surface area contributed by atoms with E-state index in [4.69, 9.17) is 5.73 Å². The molecule has 0 radical (unpaired) electrons. The third kappa shape index (κ3) is 1.65. The van der Waals surface area contributed by atoms with Gasteiger partial charge in [-0.1, -0.05) is 6.07 Å². The molecule has 2 aromatic heterocycles. The molecule has 0 bridgehead atoms. The van der Waals surface area contributed by atoms with Crippen molar-refractivity contribution in [2.45, 2.75) is 6.92 Å². The van der Waals surface area contributed by atoms with E-state index in [0.717, 1.165) is 11.3 Å². The van der Waals surface area contributed by atoms with Crippen LogP contribution in [0.15, 0.2) is 18.3 Å². The zero-order chi connectivity index (χ0) is 9.26. The molecule has 0 saturated heterocycles. The van der Waals surface area contributed by atoms with Crippen molar-refractivity contribution < 1.29 is 0 Å². The Morgan fingerprint density at radius 2 is 2.23 bits per heavy atom. The molecule has 0 unspecified atom stereocenters. The number of nitrogens with two attached hydrogens (primary N) is 1. The van der Waals surface area contributed by atoms with Gasteiger partial charge in [-0.25, -0.2) is 0 Å². The van der Waals surface area contributed by atoms with Gasteiger partial charge in [-0.2, -0.15) is 9.36 Å². The molecule has 0 fully saturated rings. The average molecular weight is 192 g/mol. The molecule has 0 saturated carbocycles. The number of pyridine rings is 1. The Bertz CT molecular complexity index is 406. The topological polar surface area (TPSA) is 64.7 Å². The number of aryl methyl sites for hydroxylation is 1. The van der Waals surface area contributed by atoms with E-state index < -0.39 is 0 Å². The Kier molecular flexibility index (Phi) is 1.94. The third-order valence-corrected chi connectivity index (χ3v) is 2.12. The summed E-state index contributed by atoms with van der Waals surface area (Å²) in [7, 11) is 0. The highest BCUT2D eigenvalue weighted by Crippen LogP contribution is 2.16. The molecule has 2 N–H and O–H groups in total. The summed E-state index contributed by atoms with van der Waals surface area (Å²) >= 11 is 1.18. The van der Waals surface area contributed by atoms with E-state index in [1.807, 2.05) is 19.1 Å². The Balaban J connectivity index is 2.41. The molecule has 0 aromatic carbocycles. The van der Waals surface area contributed by atoms with Gasteiger partial charge >= 0.3 is 0 Å². The Morgan fingerprint density at radius 3 is 2.77 bits per heavy atom. The fourth-order valence-corrected chi connectivity index (χ4v) is 1.38. The van der Waals surface area contributed by atoms with Crippen molar-refractivity contribution in [2.75, 3.05) is 5.73 Å². The lowest BCUT2D eigenvalue weighted by Gasteiger charge is -1.93. The maximum atomic E-state index is 5.46. The Morgan fingerprint density at radius 1 is 1.38 bits per heavy atom. The molecule has 13 heavy (non-hydrogen) atoms. The number of hydrogen-bond donors (Lipinski definition) is 1. The van der Waals surface area contributed by atoms with Gasteiger partial charge in [0.05, 0.1) is 0 Å². The van der Waals surface area contributed by atoms with Crippen molar-refractivity contribution >= 4 is 16.7 Å². The van der Waals surface area contributed by atoms with E-state index >= 15 is 0 Å². The monoisotopic (exact) mass is 192 g/mol. The second-order valence-electron chi connectivity index (χ2n) is 2.68. The maximum Gasteiger partial charge on any atom is 0.200 e. The van der Waals surface area contributed by atoms with Gasteiger partial charge in [0.2, 0.25) is 0 Å². The van der Waals surface area contributed by atoms with Crippen LogP contribution < -0.4 is 5.73 Å².